The Morgan fingerprint density at radius 1 is 0.950 bits per heavy atom. The van der Waals surface area contributed by atoms with Gasteiger partial charge in [-0.2, -0.15) is 13.2 Å². The summed E-state index contributed by atoms with van der Waals surface area (Å²) in [7, 11) is 0. The normalized spacial score (nSPS) is 11.4. The quantitative estimate of drug-likeness (QED) is 0.773. The summed E-state index contributed by atoms with van der Waals surface area (Å²) < 4.78 is 37.8. The van der Waals surface area contributed by atoms with Crippen LogP contribution in [0, 0.1) is 0 Å². The zero-order chi connectivity index (χ0) is 14.8. The number of halogens is 5. The van der Waals surface area contributed by atoms with Gasteiger partial charge in [-0.3, -0.25) is 0 Å². The van der Waals surface area contributed by atoms with Crippen molar-refractivity contribution in [1.29, 1.82) is 0 Å². The van der Waals surface area contributed by atoms with E-state index in [1.165, 1.54) is 6.07 Å². The maximum atomic E-state index is 12.6. The maximum Gasteiger partial charge on any atom is 0.416 e. The number of anilines is 1. The molecule has 0 fully saturated rings. The van der Waals surface area contributed by atoms with Crippen LogP contribution in [0.25, 0.3) is 0 Å². The van der Waals surface area contributed by atoms with Crippen molar-refractivity contribution < 1.29 is 13.2 Å². The minimum atomic E-state index is -4.35. The number of benzene rings is 2. The van der Waals surface area contributed by atoms with Crippen molar-refractivity contribution in [3.8, 4) is 0 Å². The molecule has 1 nitrogen and oxygen atoms in total. The summed E-state index contributed by atoms with van der Waals surface area (Å²) >= 11 is 11.9. The van der Waals surface area contributed by atoms with E-state index in [2.05, 4.69) is 5.32 Å². The van der Waals surface area contributed by atoms with Crippen molar-refractivity contribution >= 4 is 28.9 Å². The molecule has 20 heavy (non-hydrogen) atoms. The second kappa shape index (κ2) is 5.94. The Morgan fingerprint density at radius 2 is 1.55 bits per heavy atom. The van der Waals surface area contributed by atoms with Gasteiger partial charge < -0.3 is 5.32 Å². The molecule has 106 valence electrons. The first-order valence-corrected chi connectivity index (χ1v) is 6.47. The van der Waals surface area contributed by atoms with Gasteiger partial charge in [-0.15, -0.1) is 0 Å². The van der Waals surface area contributed by atoms with Crippen molar-refractivity contribution in [3.05, 3.63) is 63.6 Å². The predicted molar refractivity (Wildman–Crippen MR) is 75.2 cm³/mol. The average Bonchev–Trinajstić information content (AvgIpc) is 2.37. The molecule has 2 aromatic carbocycles. The fourth-order valence-corrected chi connectivity index (χ4v) is 2.25. The van der Waals surface area contributed by atoms with Crippen LogP contribution in [0.5, 0.6) is 0 Å². The Balaban J connectivity index is 2.16. The molecule has 0 atom stereocenters. The van der Waals surface area contributed by atoms with Gasteiger partial charge in [-0.1, -0.05) is 41.4 Å². The molecule has 0 aliphatic rings. The van der Waals surface area contributed by atoms with Crippen molar-refractivity contribution in [3.63, 3.8) is 0 Å². The van der Waals surface area contributed by atoms with Gasteiger partial charge in [0.25, 0.3) is 0 Å². The topological polar surface area (TPSA) is 12.0 Å². The van der Waals surface area contributed by atoms with E-state index < -0.39 is 11.7 Å². The summed E-state index contributed by atoms with van der Waals surface area (Å²) in [5.41, 5.74) is 0.325. The third-order valence-corrected chi connectivity index (χ3v) is 3.32. The molecule has 0 aromatic heterocycles. The standard InChI is InChI=1S/C14H10Cl2F3N/c15-11-5-2-6-12(16)13(11)20-8-9-3-1-4-10(7-9)14(17,18)19/h1-7,20H,8H2. The molecule has 0 unspecified atom stereocenters. The summed E-state index contributed by atoms with van der Waals surface area (Å²) in [5, 5.41) is 3.79. The Kier molecular flexibility index (Phi) is 4.45. The van der Waals surface area contributed by atoms with Crippen LogP contribution in [0.4, 0.5) is 18.9 Å². The van der Waals surface area contributed by atoms with E-state index in [4.69, 9.17) is 23.2 Å². The fourth-order valence-electron chi connectivity index (χ4n) is 1.71. The van der Waals surface area contributed by atoms with Gasteiger partial charge in [0.05, 0.1) is 21.3 Å². The first-order valence-electron chi connectivity index (χ1n) is 5.72. The number of hydrogen-bond donors (Lipinski definition) is 1. The van der Waals surface area contributed by atoms with Crippen molar-refractivity contribution in [1.82, 2.24) is 0 Å². The van der Waals surface area contributed by atoms with Crippen LogP contribution in [0.15, 0.2) is 42.5 Å². The van der Waals surface area contributed by atoms with E-state index >= 15 is 0 Å². The van der Waals surface area contributed by atoms with Crippen LogP contribution in [-0.2, 0) is 12.7 Å². The molecule has 0 radical (unpaired) electrons. The minimum absolute atomic E-state index is 0.202. The highest BCUT2D eigenvalue weighted by Crippen LogP contribution is 2.32. The molecule has 0 saturated heterocycles. The molecule has 0 bridgehead atoms. The van der Waals surface area contributed by atoms with Crippen LogP contribution in [0.3, 0.4) is 0 Å². The molecule has 2 rings (SSSR count). The Morgan fingerprint density at radius 3 is 2.15 bits per heavy atom. The van der Waals surface area contributed by atoms with Gasteiger partial charge in [0.1, 0.15) is 0 Å². The van der Waals surface area contributed by atoms with E-state index in [1.54, 1.807) is 24.3 Å². The fraction of sp³-hybridized carbons (Fsp3) is 0.143. The lowest BCUT2D eigenvalue weighted by molar-refractivity contribution is -0.137. The molecular weight excluding hydrogens is 310 g/mol. The molecule has 0 saturated carbocycles. The third-order valence-electron chi connectivity index (χ3n) is 2.69. The number of nitrogens with one attached hydrogen (secondary N) is 1. The first kappa shape index (κ1) is 15.0. The SMILES string of the molecule is FC(F)(F)c1cccc(CNc2c(Cl)cccc2Cl)c1. The molecule has 0 amide bonds. The summed E-state index contributed by atoms with van der Waals surface area (Å²) in [6, 6.07) is 10.1. The molecule has 0 aliphatic carbocycles. The Hall–Kier alpha value is -1.39. The molecule has 1 N–H and O–H groups in total. The van der Waals surface area contributed by atoms with Crippen LogP contribution in [-0.4, -0.2) is 0 Å². The van der Waals surface area contributed by atoms with Gasteiger partial charge in [0.2, 0.25) is 0 Å². The molecule has 0 aliphatic heterocycles. The number of para-hydroxylation sites is 1. The van der Waals surface area contributed by atoms with Gasteiger partial charge in [0.15, 0.2) is 0 Å². The molecule has 0 heterocycles. The highest BCUT2D eigenvalue weighted by atomic mass is 35.5. The minimum Gasteiger partial charge on any atom is -0.379 e. The van der Waals surface area contributed by atoms with Crippen molar-refractivity contribution in [2.24, 2.45) is 0 Å². The lowest BCUT2D eigenvalue weighted by Gasteiger charge is -2.12. The van der Waals surface area contributed by atoms with Gasteiger partial charge in [0, 0.05) is 6.54 Å². The first-order chi connectivity index (χ1) is 9.38. The number of hydrogen-bond acceptors (Lipinski definition) is 1. The van der Waals surface area contributed by atoms with Gasteiger partial charge >= 0.3 is 6.18 Å². The maximum absolute atomic E-state index is 12.6. The van der Waals surface area contributed by atoms with Gasteiger partial charge in [-0.25, -0.2) is 0 Å². The Labute approximate surface area is 124 Å². The molecule has 2 aromatic rings. The third kappa shape index (κ3) is 3.58. The largest absolute Gasteiger partial charge is 0.416 e. The summed E-state index contributed by atoms with van der Waals surface area (Å²) in [6.45, 7) is 0.202. The van der Waals surface area contributed by atoms with Crippen LogP contribution in [0.2, 0.25) is 10.0 Å². The highest BCUT2D eigenvalue weighted by Gasteiger charge is 2.30. The van der Waals surface area contributed by atoms with Crippen molar-refractivity contribution in [2.45, 2.75) is 12.7 Å². The predicted octanol–water partition coefficient (Wildman–Crippen LogP) is 5.62. The lowest BCUT2D eigenvalue weighted by atomic mass is 10.1. The number of alkyl halides is 3. The second-order valence-corrected chi connectivity index (χ2v) is 4.96. The molecular formula is C14H10Cl2F3N. The second-order valence-electron chi connectivity index (χ2n) is 4.15. The van der Waals surface area contributed by atoms with E-state index in [0.29, 0.717) is 21.3 Å². The number of rotatable bonds is 3. The zero-order valence-corrected chi connectivity index (χ0v) is 11.7. The lowest BCUT2D eigenvalue weighted by Crippen LogP contribution is -2.07. The Bertz CT molecular complexity index is 591. The summed E-state index contributed by atoms with van der Waals surface area (Å²) in [6.07, 6.45) is -4.35. The molecule has 0 spiro atoms. The van der Waals surface area contributed by atoms with Crippen LogP contribution in [0.1, 0.15) is 11.1 Å². The van der Waals surface area contributed by atoms with Crippen LogP contribution < -0.4 is 5.32 Å². The summed E-state index contributed by atoms with van der Waals surface area (Å²) in [5.74, 6) is 0. The highest BCUT2D eigenvalue weighted by molar-refractivity contribution is 6.39. The van der Waals surface area contributed by atoms with E-state index in [9.17, 15) is 13.2 Å². The monoisotopic (exact) mass is 319 g/mol. The van der Waals surface area contributed by atoms with Crippen molar-refractivity contribution in [2.75, 3.05) is 5.32 Å². The van der Waals surface area contributed by atoms with Crippen LogP contribution >= 0.6 is 23.2 Å². The van der Waals surface area contributed by atoms with E-state index in [-0.39, 0.29) is 6.54 Å². The smallest absolute Gasteiger partial charge is 0.379 e. The average molecular weight is 320 g/mol. The molecule has 6 heteroatoms. The van der Waals surface area contributed by atoms with E-state index in [0.717, 1.165) is 12.1 Å². The van der Waals surface area contributed by atoms with E-state index in [1.807, 2.05) is 0 Å². The van der Waals surface area contributed by atoms with Gasteiger partial charge in [-0.05, 0) is 29.8 Å². The summed E-state index contributed by atoms with van der Waals surface area (Å²) in [4.78, 5) is 0. The zero-order valence-electron chi connectivity index (χ0n) is 10.1.